The Labute approximate surface area is 144 Å². The molecule has 1 nitrogen and oxygen atoms in total. The van der Waals surface area contributed by atoms with E-state index in [2.05, 4.69) is 69.5 Å². The summed E-state index contributed by atoms with van der Waals surface area (Å²) in [6.45, 7) is 12.3. The van der Waals surface area contributed by atoms with Crippen molar-refractivity contribution in [1.82, 2.24) is 4.98 Å². The Kier molecular flexibility index (Phi) is 6.14. The average molecular weight is 352 g/mol. The first-order valence-corrected chi connectivity index (χ1v) is 13.5. The molecule has 0 amide bonds. The highest BCUT2D eigenvalue weighted by atomic mass is 32.2. The Hall–Kier alpha value is -0.323. The minimum absolute atomic E-state index is 0.370. The van der Waals surface area contributed by atoms with E-state index in [1.807, 2.05) is 11.3 Å². The zero-order valence-corrected chi connectivity index (χ0v) is 17.2. The Bertz CT molecular complexity index is 569. The Morgan fingerprint density at radius 2 is 1.86 bits per heavy atom. The smallest absolute Gasteiger partial charge is 0.151 e. The van der Waals surface area contributed by atoms with Crippen LogP contribution in [0.5, 0.6) is 0 Å². The lowest BCUT2D eigenvalue weighted by Gasteiger charge is -2.39. The number of unbranched alkanes of at least 4 members (excludes halogenated alkanes) is 3. The summed E-state index contributed by atoms with van der Waals surface area (Å²) in [4.78, 5) is 4.86. The normalized spacial score (nSPS) is 15.1. The van der Waals surface area contributed by atoms with Crippen LogP contribution in [0.1, 0.15) is 46.0 Å². The molecule has 4 heteroatoms. The van der Waals surface area contributed by atoms with Gasteiger partial charge >= 0.3 is 0 Å². The molecule has 0 bridgehead atoms. The lowest BCUT2D eigenvalue weighted by atomic mass is 10.1. The van der Waals surface area contributed by atoms with Crippen molar-refractivity contribution < 1.29 is 0 Å². The monoisotopic (exact) mass is 351 g/mol. The third kappa shape index (κ3) is 4.36. The number of hydrogen-bond acceptors (Lipinski definition) is 3. The number of thioether (sulfide) groups is 1. The SMILES string of the molecule is CCCCCCC(C)(Sc1nc2ccccc2s1)[Si](C)(C)C. The number of thiazole rings is 1. The van der Waals surface area contributed by atoms with Gasteiger partial charge in [0, 0.05) is 4.37 Å². The second kappa shape index (κ2) is 7.50. The van der Waals surface area contributed by atoms with E-state index in [-0.39, 0.29) is 0 Å². The quantitative estimate of drug-likeness (QED) is 0.288. The minimum atomic E-state index is -1.27. The van der Waals surface area contributed by atoms with Crippen LogP contribution < -0.4 is 0 Å². The summed E-state index contributed by atoms with van der Waals surface area (Å²) in [6.07, 6.45) is 6.73. The molecular formula is C18H29NS2Si. The molecule has 1 heterocycles. The molecule has 0 aliphatic rings. The maximum Gasteiger partial charge on any atom is 0.151 e. The van der Waals surface area contributed by atoms with E-state index in [0.29, 0.717) is 4.37 Å². The molecule has 1 aromatic heterocycles. The molecule has 122 valence electrons. The molecule has 22 heavy (non-hydrogen) atoms. The molecule has 0 radical (unpaired) electrons. The molecule has 2 rings (SSSR count). The molecule has 0 aliphatic carbocycles. The summed E-state index contributed by atoms with van der Waals surface area (Å²) in [5.41, 5.74) is 1.15. The van der Waals surface area contributed by atoms with Gasteiger partial charge in [0.15, 0.2) is 4.34 Å². The van der Waals surface area contributed by atoms with Crippen LogP contribution in [0.2, 0.25) is 19.6 Å². The fraction of sp³-hybridized carbons (Fsp3) is 0.611. The molecular weight excluding hydrogens is 322 g/mol. The van der Waals surface area contributed by atoms with Gasteiger partial charge in [-0.15, -0.1) is 11.3 Å². The first-order chi connectivity index (χ1) is 10.4. The van der Waals surface area contributed by atoms with E-state index in [1.165, 1.54) is 41.1 Å². The molecule has 1 aromatic carbocycles. The van der Waals surface area contributed by atoms with Crippen molar-refractivity contribution in [3.05, 3.63) is 24.3 Å². The molecule has 0 saturated carbocycles. The van der Waals surface area contributed by atoms with Gasteiger partial charge in [0.1, 0.15) is 0 Å². The lowest BCUT2D eigenvalue weighted by molar-refractivity contribution is 0.602. The highest BCUT2D eigenvalue weighted by Crippen LogP contribution is 2.45. The molecule has 1 unspecified atom stereocenters. The number of benzene rings is 1. The maximum absolute atomic E-state index is 4.86. The molecule has 0 fully saturated rings. The highest BCUT2D eigenvalue weighted by molar-refractivity contribution is 8.04. The predicted molar refractivity (Wildman–Crippen MR) is 106 cm³/mol. The number of para-hydroxylation sites is 1. The standard InChI is InChI=1S/C18H29NS2Si/c1-6-7-8-11-14-18(2,22(3,4)5)21-17-19-15-12-9-10-13-16(15)20-17/h9-10,12-13H,6-8,11,14H2,1-5H3. The Morgan fingerprint density at radius 1 is 1.14 bits per heavy atom. The fourth-order valence-electron chi connectivity index (χ4n) is 2.56. The van der Waals surface area contributed by atoms with Crippen molar-refractivity contribution in [1.29, 1.82) is 0 Å². The first-order valence-electron chi connectivity index (χ1n) is 8.40. The highest BCUT2D eigenvalue weighted by Gasteiger charge is 2.40. The van der Waals surface area contributed by atoms with Crippen LogP contribution >= 0.6 is 23.1 Å². The number of hydrogen-bond donors (Lipinski definition) is 0. The number of aromatic nitrogens is 1. The number of fused-ring (bicyclic) bond motifs is 1. The molecule has 0 aliphatic heterocycles. The van der Waals surface area contributed by atoms with Gasteiger partial charge in [0.25, 0.3) is 0 Å². The summed E-state index contributed by atoms with van der Waals surface area (Å²) in [6, 6.07) is 8.50. The van der Waals surface area contributed by atoms with Crippen LogP contribution in [0.15, 0.2) is 28.6 Å². The van der Waals surface area contributed by atoms with Crippen LogP contribution in [0.4, 0.5) is 0 Å². The minimum Gasteiger partial charge on any atom is -0.230 e. The summed E-state index contributed by atoms with van der Waals surface area (Å²) < 4.78 is 2.93. The van der Waals surface area contributed by atoms with E-state index < -0.39 is 8.07 Å². The maximum atomic E-state index is 4.86. The molecule has 0 saturated heterocycles. The zero-order chi connectivity index (χ0) is 16.2. The van der Waals surface area contributed by atoms with E-state index in [0.717, 1.165) is 5.52 Å². The fourth-order valence-corrected chi connectivity index (χ4v) is 7.68. The zero-order valence-electron chi connectivity index (χ0n) is 14.6. The third-order valence-electron chi connectivity index (χ3n) is 4.68. The third-order valence-corrected chi connectivity index (χ3v) is 12.5. The molecule has 2 aromatic rings. The topological polar surface area (TPSA) is 12.9 Å². The van der Waals surface area contributed by atoms with Crippen LogP contribution in [0.3, 0.4) is 0 Å². The van der Waals surface area contributed by atoms with Gasteiger partial charge in [-0.3, -0.25) is 0 Å². The van der Waals surface area contributed by atoms with Crippen LogP contribution in [0.25, 0.3) is 10.2 Å². The van der Waals surface area contributed by atoms with Gasteiger partial charge in [0.2, 0.25) is 0 Å². The van der Waals surface area contributed by atoms with Gasteiger partial charge in [0.05, 0.1) is 18.3 Å². The molecule has 0 N–H and O–H groups in total. The predicted octanol–water partition coefficient (Wildman–Crippen LogP) is 6.99. The second-order valence-electron chi connectivity index (χ2n) is 7.34. The van der Waals surface area contributed by atoms with Crippen molar-refractivity contribution in [2.75, 3.05) is 0 Å². The average Bonchev–Trinajstić information content (AvgIpc) is 2.84. The number of rotatable bonds is 8. The van der Waals surface area contributed by atoms with Crippen molar-refractivity contribution in [3.63, 3.8) is 0 Å². The Balaban J connectivity index is 2.15. The van der Waals surface area contributed by atoms with Crippen LogP contribution in [-0.4, -0.2) is 17.4 Å². The summed E-state index contributed by atoms with van der Waals surface area (Å²) in [7, 11) is -1.27. The second-order valence-corrected chi connectivity index (χ2v) is 16.1. The number of nitrogens with zero attached hydrogens (tertiary/aromatic N) is 1. The van der Waals surface area contributed by atoms with E-state index >= 15 is 0 Å². The van der Waals surface area contributed by atoms with Crippen molar-refractivity contribution in [2.24, 2.45) is 0 Å². The molecule has 1 atom stereocenters. The van der Waals surface area contributed by atoms with E-state index in [9.17, 15) is 0 Å². The van der Waals surface area contributed by atoms with Gasteiger partial charge < -0.3 is 0 Å². The van der Waals surface area contributed by atoms with Gasteiger partial charge in [-0.25, -0.2) is 4.98 Å². The van der Waals surface area contributed by atoms with Gasteiger partial charge in [-0.1, -0.05) is 83.1 Å². The lowest BCUT2D eigenvalue weighted by Crippen LogP contribution is -2.47. The summed E-state index contributed by atoms with van der Waals surface area (Å²) >= 11 is 3.91. The summed E-state index contributed by atoms with van der Waals surface area (Å²) in [5, 5.41) is 0. The van der Waals surface area contributed by atoms with Crippen LogP contribution in [0, 0.1) is 0 Å². The van der Waals surface area contributed by atoms with Crippen molar-refractivity contribution >= 4 is 41.4 Å². The largest absolute Gasteiger partial charge is 0.230 e. The van der Waals surface area contributed by atoms with Gasteiger partial charge in [-0.2, -0.15) is 0 Å². The summed E-state index contributed by atoms with van der Waals surface area (Å²) in [5.74, 6) is 0. The molecule has 0 spiro atoms. The van der Waals surface area contributed by atoms with Crippen LogP contribution in [-0.2, 0) is 0 Å². The van der Waals surface area contributed by atoms with E-state index in [4.69, 9.17) is 4.98 Å². The Morgan fingerprint density at radius 3 is 2.50 bits per heavy atom. The van der Waals surface area contributed by atoms with Crippen molar-refractivity contribution in [2.45, 2.75) is 74.3 Å². The van der Waals surface area contributed by atoms with Crippen molar-refractivity contribution in [3.8, 4) is 0 Å². The van der Waals surface area contributed by atoms with E-state index in [1.54, 1.807) is 0 Å². The first kappa shape index (κ1) is 18.0. The van der Waals surface area contributed by atoms with Gasteiger partial charge in [-0.05, 0) is 18.6 Å².